The molecule has 0 aromatic carbocycles. The SMILES string of the molecule is Cc1csc([C@@H]2CCCCN2C(=O)c2ccnc(N(C)C)c2)n1. The molecule has 3 rings (SSSR count). The van der Waals surface area contributed by atoms with Gasteiger partial charge in [-0.1, -0.05) is 0 Å². The minimum Gasteiger partial charge on any atom is -0.363 e. The number of piperidine rings is 1. The quantitative estimate of drug-likeness (QED) is 0.866. The summed E-state index contributed by atoms with van der Waals surface area (Å²) in [6, 6.07) is 3.76. The summed E-state index contributed by atoms with van der Waals surface area (Å²) in [7, 11) is 3.86. The van der Waals surface area contributed by atoms with E-state index in [4.69, 9.17) is 0 Å². The van der Waals surface area contributed by atoms with E-state index in [0.717, 1.165) is 42.3 Å². The van der Waals surface area contributed by atoms with Gasteiger partial charge in [-0.05, 0) is 38.3 Å². The third-order valence-electron chi connectivity index (χ3n) is 4.14. The minimum absolute atomic E-state index is 0.0769. The first-order valence-corrected chi connectivity index (χ1v) is 8.80. The van der Waals surface area contributed by atoms with Gasteiger partial charge in [0.2, 0.25) is 0 Å². The largest absolute Gasteiger partial charge is 0.363 e. The molecule has 0 radical (unpaired) electrons. The number of likely N-dealkylation sites (tertiary alicyclic amines) is 1. The lowest BCUT2D eigenvalue weighted by atomic mass is 10.0. The molecular weight excluding hydrogens is 308 g/mol. The minimum atomic E-state index is 0.0769. The van der Waals surface area contributed by atoms with Gasteiger partial charge in [-0.2, -0.15) is 0 Å². The number of aryl methyl sites for hydroxylation is 1. The first kappa shape index (κ1) is 15.9. The van der Waals surface area contributed by atoms with E-state index in [9.17, 15) is 4.79 Å². The lowest BCUT2D eigenvalue weighted by Crippen LogP contribution is -2.38. The van der Waals surface area contributed by atoms with Crippen molar-refractivity contribution in [1.82, 2.24) is 14.9 Å². The van der Waals surface area contributed by atoms with Gasteiger partial charge < -0.3 is 9.80 Å². The average Bonchev–Trinajstić information content (AvgIpc) is 3.00. The molecule has 0 saturated carbocycles. The number of thiazole rings is 1. The van der Waals surface area contributed by atoms with Crippen molar-refractivity contribution in [3.05, 3.63) is 40.0 Å². The van der Waals surface area contributed by atoms with Crippen molar-refractivity contribution < 1.29 is 4.79 Å². The van der Waals surface area contributed by atoms with Crippen molar-refractivity contribution in [2.75, 3.05) is 25.5 Å². The van der Waals surface area contributed by atoms with Crippen LogP contribution in [0.3, 0.4) is 0 Å². The van der Waals surface area contributed by atoms with Gasteiger partial charge in [0.25, 0.3) is 5.91 Å². The lowest BCUT2D eigenvalue weighted by molar-refractivity contribution is 0.0611. The molecule has 5 nitrogen and oxygen atoms in total. The van der Waals surface area contributed by atoms with E-state index < -0.39 is 0 Å². The highest BCUT2D eigenvalue weighted by Gasteiger charge is 2.30. The van der Waals surface area contributed by atoms with Crippen LogP contribution in [0.4, 0.5) is 5.82 Å². The highest BCUT2D eigenvalue weighted by atomic mass is 32.1. The van der Waals surface area contributed by atoms with Gasteiger partial charge in [-0.3, -0.25) is 4.79 Å². The van der Waals surface area contributed by atoms with Crippen molar-refractivity contribution >= 4 is 23.1 Å². The molecular formula is C17H22N4OS. The van der Waals surface area contributed by atoms with Crippen molar-refractivity contribution in [2.24, 2.45) is 0 Å². The van der Waals surface area contributed by atoms with Crippen LogP contribution >= 0.6 is 11.3 Å². The fourth-order valence-electron chi connectivity index (χ4n) is 2.92. The Morgan fingerprint density at radius 1 is 1.39 bits per heavy atom. The average molecular weight is 330 g/mol. The van der Waals surface area contributed by atoms with Crippen LogP contribution in [-0.4, -0.2) is 41.4 Å². The van der Waals surface area contributed by atoms with E-state index in [2.05, 4.69) is 15.3 Å². The Bertz CT molecular complexity index is 697. The molecule has 1 fully saturated rings. The zero-order valence-electron chi connectivity index (χ0n) is 13.8. The summed E-state index contributed by atoms with van der Waals surface area (Å²) in [5.74, 6) is 0.877. The predicted molar refractivity (Wildman–Crippen MR) is 93.0 cm³/mol. The number of rotatable bonds is 3. The van der Waals surface area contributed by atoms with Gasteiger partial charge in [-0.25, -0.2) is 9.97 Å². The second-order valence-corrected chi connectivity index (χ2v) is 7.02. The van der Waals surface area contributed by atoms with Gasteiger partial charge in [0.1, 0.15) is 10.8 Å². The Kier molecular flexibility index (Phi) is 4.61. The monoisotopic (exact) mass is 330 g/mol. The summed E-state index contributed by atoms with van der Waals surface area (Å²) in [4.78, 5) is 25.8. The van der Waals surface area contributed by atoms with Crippen LogP contribution in [0.2, 0.25) is 0 Å². The number of pyridine rings is 1. The van der Waals surface area contributed by atoms with Crippen molar-refractivity contribution in [2.45, 2.75) is 32.2 Å². The molecule has 1 saturated heterocycles. The van der Waals surface area contributed by atoms with Crippen LogP contribution in [0, 0.1) is 6.92 Å². The number of hydrogen-bond donors (Lipinski definition) is 0. The van der Waals surface area contributed by atoms with Crippen LogP contribution in [0.1, 0.15) is 46.4 Å². The summed E-state index contributed by atoms with van der Waals surface area (Å²) in [6.07, 6.45) is 4.89. The van der Waals surface area contributed by atoms with E-state index in [-0.39, 0.29) is 11.9 Å². The Morgan fingerprint density at radius 3 is 2.91 bits per heavy atom. The molecule has 6 heteroatoms. The molecule has 0 aliphatic carbocycles. The summed E-state index contributed by atoms with van der Waals surface area (Å²) in [5.41, 5.74) is 1.73. The molecule has 0 N–H and O–H groups in total. The molecule has 1 aliphatic heterocycles. The smallest absolute Gasteiger partial charge is 0.254 e. The molecule has 122 valence electrons. The standard InChI is InChI=1S/C17H22N4OS/c1-12-11-23-16(19-12)14-6-4-5-9-21(14)17(22)13-7-8-18-15(10-13)20(2)3/h7-8,10-11,14H,4-6,9H2,1-3H3/t14-/m0/s1. The molecule has 2 aromatic heterocycles. The first-order chi connectivity index (χ1) is 11.1. The van der Waals surface area contributed by atoms with Crippen LogP contribution in [-0.2, 0) is 0 Å². The normalized spacial score (nSPS) is 18.0. The van der Waals surface area contributed by atoms with Crippen LogP contribution in [0.25, 0.3) is 0 Å². The number of aromatic nitrogens is 2. The Morgan fingerprint density at radius 2 is 2.22 bits per heavy atom. The zero-order valence-corrected chi connectivity index (χ0v) is 14.6. The van der Waals surface area contributed by atoms with E-state index in [0.29, 0.717) is 5.56 Å². The van der Waals surface area contributed by atoms with Gasteiger partial charge in [0.15, 0.2) is 0 Å². The summed E-state index contributed by atoms with van der Waals surface area (Å²) in [5, 5.41) is 3.11. The van der Waals surface area contributed by atoms with Crippen LogP contribution in [0.5, 0.6) is 0 Å². The number of amides is 1. The summed E-state index contributed by atoms with van der Waals surface area (Å²) >= 11 is 1.65. The highest BCUT2D eigenvalue weighted by Crippen LogP contribution is 2.33. The van der Waals surface area contributed by atoms with Gasteiger partial charge in [0, 0.05) is 43.5 Å². The maximum atomic E-state index is 13.0. The van der Waals surface area contributed by atoms with E-state index in [1.165, 1.54) is 0 Å². The van der Waals surface area contributed by atoms with Crippen molar-refractivity contribution in [1.29, 1.82) is 0 Å². The molecule has 0 spiro atoms. The Hall–Kier alpha value is -1.95. The number of carbonyl (C=O) groups excluding carboxylic acids is 1. The maximum absolute atomic E-state index is 13.0. The van der Waals surface area contributed by atoms with E-state index in [1.807, 2.05) is 36.9 Å². The van der Waals surface area contributed by atoms with Crippen molar-refractivity contribution in [3.63, 3.8) is 0 Å². The second kappa shape index (κ2) is 6.66. The highest BCUT2D eigenvalue weighted by molar-refractivity contribution is 7.09. The number of nitrogens with zero attached hydrogens (tertiary/aromatic N) is 4. The zero-order chi connectivity index (χ0) is 16.4. The van der Waals surface area contributed by atoms with E-state index in [1.54, 1.807) is 23.6 Å². The molecule has 1 aliphatic rings. The fourth-order valence-corrected chi connectivity index (χ4v) is 3.86. The van der Waals surface area contributed by atoms with Gasteiger partial charge in [-0.15, -0.1) is 11.3 Å². The molecule has 0 unspecified atom stereocenters. The molecule has 0 bridgehead atoms. The molecule has 1 atom stereocenters. The maximum Gasteiger partial charge on any atom is 0.254 e. The van der Waals surface area contributed by atoms with Crippen LogP contribution in [0.15, 0.2) is 23.7 Å². The Balaban J connectivity index is 1.88. The molecule has 23 heavy (non-hydrogen) atoms. The van der Waals surface area contributed by atoms with Crippen LogP contribution < -0.4 is 4.90 Å². The summed E-state index contributed by atoms with van der Waals surface area (Å²) in [6.45, 7) is 2.79. The number of carbonyl (C=O) groups is 1. The second-order valence-electron chi connectivity index (χ2n) is 6.13. The fraction of sp³-hybridized carbons (Fsp3) is 0.471. The van der Waals surface area contributed by atoms with Crippen molar-refractivity contribution in [3.8, 4) is 0 Å². The third kappa shape index (κ3) is 3.37. The lowest BCUT2D eigenvalue weighted by Gasteiger charge is -2.34. The predicted octanol–water partition coefficient (Wildman–Crippen LogP) is 3.28. The number of anilines is 1. The molecule has 1 amide bonds. The first-order valence-electron chi connectivity index (χ1n) is 7.92. The van der Waals surface area contributed by atoms with E-state index >= 15 is 0 Å². The molecule has 2 aromatic rings. The summed E-state index contributed by atoms with van der Waals surface area (Å²) < 4.78 is 0. The van der Waals surface area contributed by atoms with Gasteiger partial charge >= 0.3 is 0 Å². The molecule has 3 heterocycles. The Labute approximate surface area is 141 Å². The third-order valence-corrected chi connectivity index (χ3v) is 5.20. The number of hydrogen-bond acceptors (Lipinski definition) is 5. The topological polar surface area (TPSA) is 49.3 Å². The van der Waals surface area contributed by atoms with Gasteiger partial charge in [0.05, 0.1) is 6.04 Å².